The van der Waals surface area contributed by atoms with Crippen molar-refractivity contribution in [3.8, 4) is 5.75 Å². The van der Waals surface area contributed by atoms with Gasteiger partial charge in [-0.1, -0.05) is 48.9 Å². The predicted octanol–water partition coefficient (Wildman–Crippen LogP) is 3.81. The van der Waals surface area contributed by atoms with Crippen LogP contribution in [0.5, 0.6) is 5.75 Å². The second kappa shape index (κ2) is 7.70. The molecule has 0 bridgehead atoms. The Morgan fingerprint density at radius 3 is 2.43 bits per heavy atom. The summed E-state index contributed by atoms with van der Waals surface area (Å²) in [6.07, 6.45) is 0.126. The number of amides is 1. The van der Waals surface area contributed by atoms with Gasteiger partial charge in [0.25, 0.3) is 5.91 Å². The minimum absolute atomic E-state index is 0.115. The van der Waals surface area contributed by atoms with Gasteiger partial charge in [0.1, 0.15) is 5.75 Å². The predicted molar refractivity (Wildman–Crippen MR) is 84.4 cm³/mol. The molecule has 2 aromatic carbocycles. The fourth-order valence-corrected chi connectivity index (χ4v) is 2.02. The zero-order valence-electron chi connectivity index (χ0n) is 11.9. The molecule has 0 saturated heterocycles. The van der Waals surface area contributed by atoms with Gasteiger partial charge in [-0.3, -0.25) is 4.79 Å². The van der Waals surface area contributed by atoms with E-state index < -0.39 is 6.10 Å². The van der Waals surface area contributed by atoms with Crippen LogP contribution in [-0.4, -0.2) is 12.0 Å². The Kier molecular flexibility index (Phi) is 5.64. The highest BCUT2D eigenvalue weighted by Crippen LogP contribution is 2.13. The molecule has 3 nitrogen and oxygen atoms in total. The monoisotopic (exact) mass is 303 g/mol. The van der Waals surface area contributed by atoms with Gasteiger partial charge in [-0.25, -0.2) is 0 Å². The highest BCUT2D eigenvalue weighted by Gasteiger charge is 2.17. The summed E-state index contributed by atoms with van der Waals surface area (Å²) in [5.74, 6) is 0.585. The molecule has 0 aliphatic carbocycles. The fourth-order valence-electron chi connectivity index (χ4n) is 1.89. The Morgan fingerprint density at radius 1 is 1.14 bits per heavy atom. The van der Waals surface area contributed by atoms with Crippen molar-refractivity contribution in [3.05, 3.63) is 65.2 Å². The summed E-state index contributed by atoms with van der Waals surface area (Å²) < 4.78 is 5.70. The third-order valence-electron chi connectivity index (χ3n) is 3.06. The first-order valence-corrected chi connectivity index (χ1v) is 7.30. The Bertz CT molecular complexity index is 569. The van der Waals surface area contributed by atoms with Crippen LogP contribution in [0.15, 0.2) is 54.6 Å². The number of hydrogen-bond acceptors (Lipinski definition) is 2. The van der Waals surface area contributed by atoms with Crippen molar-refractivity contribution in [3.63, 3.8) is 0 Å². The topological polar surface area (TPSA) is 38.3 Å². The van der Waals surface area contributed by atoms with Crippen molar-refractivity contribution < 1.29 is 9.53 Å². The lowest BCUT2D eigenvalue weighted by atomic mass is 10.2. The van der Waals surface area contributed by atoms with E-state index in [9.17, 15) is 4.79 Å². The molecule has 1 N–H and O–H groups in total. The molecular formula is C17H18ClNO2. The molecule has 2 aromatic rings. The highest BCUT2D eigenvalue weighted by molar-refractivity contribution is 6.30. The van der Waals surface area contributed by atoms with Crippen LogP contribution in [-0.2, 0) is 11.3 Å². The van der Waals surface area contributed by atoms with Crippen molar-refractivity contribution in [2.75, 3.05) is 0 Å². The molecule has 110 valence electrons. The number of benzene rings is 2. The number of halogens is 1. The summed E-state index contributed by atoms with van der Waals surface area (Å²) in [6, 6.07) is 16.8. The lowest BCUT2D eigenvalue weighted by Crippen LogP contribution is -2.37. The Hall–Kier alpha value is -2.00. The van der Waals surface area contributed by atoms with Gasteiger partial charge in [0.05, 0.1) is 0 Å². The van der Waals surface area contributed by atoms with Gasteiger partial charge in [-0.15, -0.1) is 0 Å². The molecule has 0 heterocycles. The lowest BCUT2D eigenvalue weighted by Gasteiger charge is -2.17. The van der Waals surface area contributed by atoms with E-state index in [4.69, 9.17) is 16.3 Å². The molecule has 0 unspecified atom stereocenters. The van der Waals surface area contributed by atoms with Gasteiger partial charge in [0.2, 0.25) is 0 Å². The summed E-state index contributed by atoms with van der Waals surface area (Å²) >= 11 is 5.83. The quantitative estimate of drug-likeness (QED) is 0.881. The summed E-state index contributed by atoms with van der Waals surface area (Å²) in [5, 5.41) is 3.57. The molecule has 0 aromatic heterocycles. The molecule has 0 radical (unpaired) electrons. The summed E-state index contributed by atoms with van der Waals surface area (Å²) in [5.41, 5.74) is 1.00. The molecule has 0 spiro atoms. The third kappa shape index (κ3) is 4.80. The molecule has 2 rings (SSSR count). The zero-order valence-corrected chi connectivity index (χ0v) is 12.6. The maximum absolute atomic E-state index is 12.2. The maximum Gasteiger partial charge on any atom is 0.261 e. The maximum atomic E-state index is 12.2. The smallest absolute Gasteiger partial charge is 0.261 e. The standard InChI is InChI=1S/C17H18ClNO2/c1-2-16(21-15-6-4-3-5-7-15)17(20)19-12-13-8-10-14(18)11-9-13/h3-11,16H,2,12H2,1H3,(H,19,20)/t16-/m0/s1. The molecule has 0 fully saturated rings. The van der Waals surface area contributed by atoms with E-state index in [1.807, 2.05) is 49.4 Å². The zero-order chi connectivity index (χ0) is 15.1. The Labute approximate surface area is 129 Å². The molecule has 1 atom stereocenters. The van der Waals surface area contributed by atoms with Gasteiger partial charge < -0.3 is 10.1 Å². The SMILES string of the molecule is CC[C@H](Oc1ccccc1)C(=O)NCc1ccc(Cl)cc1. The Balaban J connectivity index is 1.89. The molecular weight excluding hydrogens is 286 g/mol. The van der Waals surface area contributed by atoms with Gasteiger partial charge >= 0.3 is 0 Å². The van der Waals surface area contributed by atoms with Crippen LogP contribution in [0.25, 0.3) is 0 Å². The van der Waals surface area contributed by atoms with Crippen LogP contribution in [0, 0.1) is 0 Å². The van der Waals surface area contributed by atoms with E-state index in [1.165, 1.54) is 0 Å². The average Bonchev–Trinajstić information content (AvgIpc) is 2.52. The number of hydrogen-bond donors (Lipinski definition) is 1. The molecule has 1 amide bonds. The van der Waals surface area contributed by atoms with Crippen molar-refractivity contribution in [2.24, 2.45) is 0 Å². The highest BCUT2D eigenvalue weighted by atomic mass is 35.5. The van der Waals surface area contributed by atoms with Gasteiger partial charge in [0, 0.05) is 11.6 Å². The van der Waals surface area contributed by atoms with Gasteiger partial charge in [0.15, 0.2) is 6.10 Å². The minimum atomic E-state index is -0.486. The second-order valence-corrected chi connectivity index (χ2v) is 5.11. The van der Waals surface area contributed by atoms with E-state index in [2.05, 4.69) is 5.32 Å². The van der Waals surface area contributed by atoms with Crippen LogP contribution in [0.4, 0.5) is 0 Å². The minimum Gasteiger partial charge on any atom is -0.481 e. The summed E-state index contributed by atoms with van der Waals surface area (Å²) in [6.45, 7) is 2.39. The largest absolute Gasteiger partial charge is 0.481 e. The number of para-hydroxylation sites is 1. The number of carbonyl (C=O) groups is 1. The number of nitrogens with one attached hydrogen (secondary N) is 1. The third-order valence-corrected chi connectivity index (χ3v) is 3.32. The summed E-state index contributed by atoms with van der Waals surface area (Å²) in [4.78, 5) is 12.2. The van der Waals surface area contributed by atoms with Gasteiger partial charge in [-0.2, -0.15) is 0 Å². The van der Waals surface area contributed by atoms with Crippen LogP contribution in [0.3, 0.4) is 0 Å². The first-order chi connectivity index (χ1) is 10.2. The normalized spacial score (nSPS) is 11.7. The number of carbonyl (C=O) groups excluding carboxylic acids is 1. The Morgan fingerprint density at radius 2 is 1.81 bits per heavy atom. The van der Waals surface area contributed by atoms with E-state index >= 15 is 0 Å². The first kappa shape index (κ1) is 15.4. The van der Waals surface area contributed by atoms with Crippen LogP contribution in [0.1, 0.15) is 18.9 Å². The average molecular weight is 304 g/mol. The fraction of sp³-hybridized carbons (Fsp3) is 0.235. The molecule has 4 heteroatoms. The summed E-state index contributed by atoms with van der Waals surface area (Å²) in [7, 11) is 0. The second-order valence-electron chi connectivity index (χ2n) is 4.67. The number of rotatable bonds is 6. The molecule has 0 aliphatic heterocycles. The van der Waals surface area contributed by atoms with E-state index in [0.29, 0.717) is 23.7 Å². The first-order valence-electron chi connectivity index (χ1n) is 6.93. The lowest BCUT2D eigenvalue weighted by molar-refractivity contribution is -0.128. The van der Waals surface area contributed by atoms with Crippen molar-refractivity contribution in [2.45, 2.75) is 26.0 Å². The molecule has 21 heavy (non-hydrogen) atoms. The molecule has 0 saturated carbocycles. The van der Waals surface area contributed by atoms with E-state index in [1.54, 1.807) is 12.1 Å². The van der Waals surface area contributed by atoms with Crippen molar-refractivity contribution in [1.82, 2.24) is 5.32 Å². The van der Waals surface area contributed by atoms with E-state index in [-0.39, 0.29) is 5.91 Å². The van der Waals surface area contributed by atoms with Gasteiger partial charge in [-0.05, 0) is 36.2 Å². The van der Waals surface area contributed by atoms with Crippen LogP contribution in [0.2, 0.25) is 5.02 Å². The van der Waals surface area contributed by atoms with Crippen LogP contribution < -0.4 is 10.1 Å². The number of ether oxygens (including phenoxy) is 1. The molecule has 0 aliphatic rings. The van der Waals surface area contributed by atoms with Crippen molar-refractivity contribution >= 4 is 17.5 Å². The van der Waals surface area contributed by atoms with E-state index in [0.717, 1.165) is 5.56 Å². The van der Waals surface area contributed by atoms with Crippen molar-refractivity contribution in [1.29, 1.82) is 0 Å². The van der Waals surface area contributed by atoms with Crippen LogP contribution >= 0.6 is 11.6 Å².